The predicted molar refractivity (Wildman–Crippen MR) is 74.4 cm³/mol. The normalized spacial score (nSPS) is 31.6. The second kappa shape index (κ2) is 7.77. The van der Waals surface area contributed by atoms with Crippen LogP contribution in [0.4, 0.5) is 0 Å². The lowest BCUT2D eigenvalue weighted by Crippen LogP contribution is -2.60. The topological polar surface area (TPSA) is 164 Å². The highest BCUT2D eigenvalue weighted by Crippen LogP contribution is 2.22. The highest BCUT2D eigenvalue weighted by atomic mass is 16.7. The first kappa shape index (κ1) is 18.4. The fraction of sp³-hybridized carbons (Fsp3) is 0.692. The first-order valence-corrected chi connectivity index (χ1v) is 7.22. The summed E-state index contributed by atoms with van der Waals surface area (Å²) in [5, 5.41) is 45.6. The van der Waals surface area contributed by atoms with Crippen LogP contribution in [0.1, 0.15) is 12.6 Å². The van der Waals surface area contributed by atoms with E-state index in [1.165, 1.54) is 10.9 Å². The minimum atomic E-state index is -1.78. The molecule has 1 aromatic heterocycles. The van der Waals surface area contributed by atoms with E-state index in [1.54, 1.807) is 6.92 Å². The highest BCUT2D eigenvalue weighted by molar-refractivity contribution is 5.73. The second-order valence-corrected chi connectivity index (χ2v) is 5.60. The van der Waals surface area contributed by atoms with E-state index in [4.69, 9.17) is 14.6 Å². The van der Waals surface area contributed by atoms with Gasteiger partial charge in [0.1, 0.15) is 31.3 Å². The van der Waals surface area contributed by atoms with Crippen molar-refractivity contribution in [2.24, 2.45) is 5.92 Å². The Morgan fingerprint density at radius 1 is 1.42 bits per heavy atom. The van der Waals surface area contributed by atoms with Crippen LogP contribution in [0, 0.1) is 5.92 Å². The van der Waals surface area contributed by atoms with Gasteiger partial charge < -0.3 is 34.7 Å². The van der Waals surface area contributed by atoms with E-state index in [0.29, 0.717) is 12.1 Å². The van der Waals surface area contributed by atoms with Gasteiger partial charge in [0.05, 0.1) is 11.9 Å². The number of aliphatic hydroxyl groups excluding tert-OH is 3. The van der Waals surface area contributed by atoms with Crippen LogP contribution in [0.3, 0.4) is 0 Å². The molecule has 1 aliphatic heterocycles. The molecule has 0 bridgehead atoms. The third-order valence-corrected chi connectivity index (χ3v) is 3.53. The molecule has 1 fully saturated rings. The third kappa shape index (κ3) is 4.13. The summed E-state index contributed by atoms with van der Waals surface area (Å²) in [5.74, 6) is -1.71. The summed E-state index contributed by atoms with van der Waals surface area (Å²) >= 11 is 0. The van der Waals surface area contributed by atoms with E-state index >= 15 is 0 Å². The van der Waals surface area contributed by atoms with Gasteiger partial charge in [0.15, 0.2) is 12.4 Å². The molecule has 6 atom stereocenters. The zero-order valence-corrected chi connectivity index (χ0v) is 12.8. The Hall–Kier alpha value is -1.92. The van der Waals surface area contributed by atoms with Crippen molar-refractivity contribution in [2.45, 2.75) is 50.8 Å². The van der Waals surface area contributed by atoms with E-state index in [0.717, 1.165) is 6.29 Å². The predicted octanol–water partition coefficient (Wildman–Crippen LogP) is -2.48. The Balaban J connectivity index is 1.95. The fourth-order valence-electron chi connectivity index (χ4n) is 2.21. The van der Waals surface area contributed by atoms with Crippen molar-refractivity contribution in [1.82, 2.24) is 15.0 Å². The molecule has 11 heteroatoms. The van der Waals surface area contributed by atoms with Crippen LogP contribution in [0.15, 0.2) is 6.20 Å². The molecule has 4 N–H and O–H groups in total. The number of hydrogen-bond donors (Lipinski definition) is 4. The molecule has 0 radical (unpaired) electrons. The molecule has 1 saturated heterocycles. The molecule has 0 aliphatic carbocycles. The minimum Gasteiger partial charge on any atom is -0.479 e. The largest absolute Gasteiger partial charge is 0.479 e. The van der Waals surface area contributed by atoms with Gasteiger partial charge in [-0.05, 0) is 0 Å². The van der Waals surface area contributed by atoms with Gasteiger partial charge in [-0.2, -0.15) is 0 Å². The van der Waals surface area contributed by atoms with Crippen molar-refractivity contribution >= 4 is 12.3 Å². The first-order chi connectivity index (χ1) is 11.3. The molecular formula is C13H19N3O8. The maximum atomic E-state index is 11.0. The molecule has 0 spiro atoms. The van der Waals surface area contributed by atoms with Gasteiger partial charge in [-0.1, -0.05) is 12.1 Å². The summed E-state index contributed by atoms with van der Waals surface area (Å²) in [7, 11) is 0. The summed E-state index contributed by atoms with van der Waals surface area (Å²) < 4.78 is 11.4. The number of ether oxygens (including phenoxy) is 2. The lowest BCUT2D eigenvalue weighted by Gasteiger charge is -2.38. The van der Waals surface area contributed by atoms with Crippen molar-refractivity contribution < 1.29 is 39.5 Å². The lowest BCUT2D eigenvalue weighted by atomic mass is 9.99. The molecule has 3 unspecified atom stereocenters. The number of hydrogen-bond acceptors (Lipinski definition) is 9. The van der Waals surface area contributed by atoms with E-state index in [9.17, 15) is 24.9 Å². The van der Waals surface area contributed by atoms with Crippen molar-refractivity contribution in [3.8, 4) is 0 Å². The van der Waals surface area contributed by atoms with Gasteiger partial charge in [-0.25, -0.2) is 9.48 Å². The Bertz CT molecular complexity index is 579. The van der Waals surface area contributed by atoms with Gasteiger partial charge in [-0.3, -0.25) is 0 Å². The smallest absolute Gasteiger partial charge is 0.335 e. The monoisotopic (exact) mass is 345 g/mol. The lowest BCUT2D eigenvalue weighted by molar-refractivity contribution is -0.302. The Labute approximate surface area is 136 Å². The highest BCUT2D eigenvalue weighted by Gasteiger charge is 2.47. The Morgan fingerprint density at radius 3 is 2.75 bits per heavy atom. The average molecular weight is 345 g/mol. The number of carboxylic acids is 1. The van der Waals surface area contributed by atoms with Crippen LogP contribution in [0.5, 0.6) is 0 Å². The number of carboxylic acid groups (broad SMARTS) is 1. The van der Waals surface area contributed by atoms with Gasteiger partial charge in [0, 0.05) is 12.3 Å². The Morgan fingerprint density at radius 2 is 2.12 bits per heavy atom. The second-order valence-electron chi connectivity index (χ2n) is 5.60. The van der Waals surface area contributed by atoms with Crippen LogP contribution in [-0.4, -0.2) is 78.4 Å². The number of aromatic nitrogens is 3. The van der Waals surface area contributed by atoms with Crippen molar-refractivity contribution in [3.05, 3.63) is 11.9 Å². The molecule has 1 aliphatic rings. The van der Waals surface area contributed by atoms with Crippen molar-refractivity contribution in [3.63, 3.8) is 0 Å². The van der Waals surface area contributed by atoms with E-state index < -0.39 is 36.7 Å². The molecule has 1 aromatic rings. The van der Waals surface area contributed by atoms with E-state index in [2.05, 4.69) is 10.3 Å². The zero-order chi connectivity index (χ0) is 17.9. The van der Waals surface area contributed by atoms with Gasteiger partial charge in [0.25, 0.3) is 0 Å². The number of aldehydes is 1. The molecule has 0 saturated carbocycles. The Kier molecular flexibility index (Phi) is 5.96. The number of nitrogens with zero attached hydrogens (tertiary/aromatic N) is 3. The summed E-state index contributed by atoms with van der Waals surface area (Å²) in [6, 6.07) is 0. The number of aliphatic hydroxyl groups is 3. The molecule has 0 aromatic carbocycles. The van der Waals surface area contributed by atoms with E-state index in [1.807, 2.05) is 0 Å². The zero-order valence-electron chi connectivity index (χ0n) is 12.8. The minimum absolute atomic E-state index is 0.215. The number of rotatable bonds is 7. The molecule has 134 valence electrons. The third-order valence-electron chi connectivity index (χ3n) is 3.53. The van der Waals surface area contributed by atoms with E-state index in [-0.39, 0.29) is 12.6 Å². The number of carbonyl (C=O) groups is 2. The standard InChI is InChI=1S/C13H19N3O8/c1-6(4-17)2-7-3-16(15-14-7)5-23-13-10(20)8(18)9(19)11(24-13)12(21)22/h3-4,6,8-11,13,18-20H,2,5H2,1H3,(H,21,22)/t6-,8-,9?,10-,11?,13?/m0/s1. The van der Waals surface area contributed by atoms with Crippen LogP contribution in [0.25, 0.3) is 0 Å². The molecule has 0 amide bonds. The number of carbonyl (C=O) groups excluding carboxylic acids is 1. The molecule has 11 nitrogen and oxygen atoms in total. The van der Waals surface area contributed by atoms with Gasteiger partial charge in [-0.15, -0.1) is 5.10 Å². The maximum absolute atomic E-state index is 11.0. The molecule has 2 heterocycles. The summed E-state index contributed by atoms with van der Waals surface area (Å²) in [4.78, 5) is 21.6. The SMILES string of the molecule is C[C@H](C=O)Cc1cn(COC2OC(C(=O)O)C(O)[C@H](O)[C@@H]2O)nn1. The fourth-order valence-corrected chi connectivity index (χ4v) is 2.21. The maximum Gasteiger partial charge on any atom is 0.335 e. The van der Waals surface area contributed by atoms with Crippen molar-refractivity contribution in [1.29, 1.82) is 0 Å². The van der Waals surface area contributed by atoms with Gasteiger partial charge in [0.2, 0.25) is 0 Å². The first-order valence-electron chi connectivity index (χ1n) is 7.22. The van der Waals surface area contributed by atoms with Crippen LogP contribution in [0.2, 0.25) is 0 Å². The van der Waals surface area contributed by atoms with Crippen LogP contribution >= 0.6 is 0 Å². The molecular weight excluding hydrogens is 326 g/mol. The molecule has 24 heavy (non-hydrogen) atoms. The summed E-state index contributed by atoms with van der Waals surface area (Å²) in [6.45, 7) is 1.49. The van der Waals surface area contributed by atoms with Crippen LogP contribution < -0.4 is 0 Å². The number of aliphatic carboxylic acids is 1. The summed E-state index contributed by atoms with van der Waals surface area (Å²) in [5.41, 5.74) is 0.558. The molecule has 2 rings (SSSR count). The average Bonchev–Trinajstić information content (AvgIpc) is 2.98. The van der Waals surface area contributed by atoms with Gasteiger partial charge >= 0.3 is 5.97 Å². The van der Waals surface area contributed by atoms with Crippen molar-refractivity contribution in [2.75, 3.05) is 0 Å². The van der Waals surface area contributed by atoms with Crippen LogP contribution in [-0.2, 0) is 32.2 Å². The quantitative estimate of drug-likeness (QED) is 0.389. The summed E-state index contributed by atoms with van der Waals surface area (Å²) in [6.07, 6.45) is -5.62.